The van der Waals surface area contributed by atoms with Crippen LogP contribution in [0.2, 0.25) is 0 Å². The van der Waals surface area contributed by atoms with Crippen LogP contribution in [0.1, 0.15) is 65.7 Å². The Labute approximate surface area is 113 Å². The van der Waals surface area contributed by atoms with E-state index in [9.17, 15) is 0 Å². The summed E-state index contributed by atoms with van der Waals surface area (Å²) in [5, 5.41) is 4.64. The molecular formula is C13H27MgN. The number of hydrogen-bond donors (Lipinski definition) is 0. The summed E-state index contributed by atoms with van der Waals surface area (Å²) < 4.78 is 0. The molecule has 0 radical (unpaired) electrons. The molecule has 0 bridgehead atoms. The van der Waals surface area contributed by atoms with Crippen LogP contribution in [-0.4, -0.2) is 35.1 Å². The van der Waals surface area contributed by atoms with E-state index in [1.807, 2.05) is 0 Å². The summed E-state index contributed by atoms with van der Waals surface area (Å²) in [7, 11) is 0. The minimum absolute atomic E-state index is 0. The molecule has 0 N–H and O–H groups in total. The molecule has 0 aromatic carbocycles. The number of nitrogens with zero attached hydrogens (tertiary/aromatic N) is 1. The van der Waals surface area contributed by atoms with E-state index in [1.165, 1.54) is 38.5 Å². The quantitative estimate of drug-likeness (QED) is 0.497. The summed E-state index contributed by atoms with van der Waals surface area (Å²) in [5.41, 5.74) is 0. The van der Waals surface area contributed by atoms with Crippen LogP contribution in [0.4, 0.5) is 0 Å². The standard InChI is InChI=1S/C9H18N.C4H9.Mg/c1-8(2)10-9-6-4-3-5-7-9;1-3-4-2;/h8-9H,3-7H2,1-2H3;1,3-4H2,2H3;/q2*-1;+2. The Morgan fingerprint density at radius 1 is 1.20 bits per heavy atom. The second kappa shape index (κ2) is 12.8. The van der Waals surface area contributed by atoms with Crippen LogP contribution in [0.15, 0.2) is 0 Å². The Balaban J connectivity index is 0. The van der Waals surface area contributed by atoms with Crippen LogP contribution >= 0.6 is 0 Å². The predicted octanol–water partition coefficient (Wildman–Crippen LogP) is 4.34. The molecule has 0 amide bonds. The summed E-state index contributed by atoms with van der Waals surface area (Å²) in [6.45, 7) is 10.1. The molecule has 1 aliphatic rings. The summed E-state index contributed by atoms with van der Waals surface area (Å²) in [6, 6.07) is 1.25. The maximum Gasteiger partial charge on any atom is 2.00 e. The first-order valence-corrected chi connectivity index (χ1v) is 6.19. The Kier molecular flexibility index (Phi) is 15.4. The molecule has 0 aliphatic heterocycles. The van der Waals surface area contributed by atoms with E-state index in [0.29, 0.717) is 12.1 Å². The first-order valence-electron chi connectivity index (χ1n) is 6.19. The molecule has 1 nitrogen and oxygen atoms in total. The molecule has 1 rings (SSSR count). The molecule has 0 atom stereocenters. The Hall–Kier alpha value is 0.726. The molecule has 0 heterocycles. The van der Waals surface area contributed by atoms with Gasteiger partial charge in [-0.05, 0) is 0 Å². The average molecular weight is 222 g/mol. The first-order chi connectivity index (χ1) is 6.70. The van der Waals surface area contributed by atoms with Gasteiger partial charge in [0.2, 0.25) is 0 Å². The summed E-state index contributed by atoms with van der Waals surface area (Å²) >= 11 is 0. The molecular weight excluding hydrogens is 194 g/mol. The van der Waals surface area contributed by atoms with Crippen LogP contribution in [0.3, 0.4) is 0 Å². The third kappa shape index (κ3) is 12.7. The van der Waals surface area contributed by atoms with E-state index in [1.54, 1.807) is 0 Å². The minimum atomic E-state index is 0. The summed E-state index contributed by atoms with van der Waals surface area (Å²) in [5.74, 6) is 0. The van der Waals surface area contributed by atoms with Gasteiger partial charge in [-0.2, -0.15) is 6.42 Å². The molecule has 86 valence electrons. The van der Waals surface area contributed by atoms with Crippen molar-refractivity contribution in [3.05, 3.63) is 12.2 Å². The second-order valence-electron chi connectivity index (χ2n) is 4.39. The van der Waals surface area contributed by atoms with Gasteiger partial charge in [0.25, 0.3) is 0 Å². The fourth-order valence-electron chi connectivity index (χ4n) is 1.65. The van der Waals surface area contributed by atoms with Crippen molar-refractivity contribution in [1.29, 1.82) is 0 Å². The van der Waals surface area contributed by atoms with Crippen molar-refractivity contribution >= 4 is 23.1 Å². The van der Waals surface area contributed by atoms with Crippen molar-refractivity contribution < 1.29 is 0 Å². The maximum atomic E-state index is 4.64. The van der Waals surface area contributed by atoms with Gasteiger partial charge in [0.1, 0.15) is 0 Å². The zero-order valence-electron chi connectivity index (χ0n) is 11.0. The van der Waals surface area contributed by atoms with Crippen LogP contribution in [0.5, 0.6) is 0 Å². The third-order valence-corrected chi connectivity index (χ3v) is 2.44. The van der Waals surface area contributed by atoms with Gasteiger partial charge < -0.3 is 12.2 Å². The smallest absolute Gasteiger partial charge is 0.657 e. The van der Waals surface area contributed by atoms with E-state index >= 15 is 0 Å². The predicted molar refractivity (Wildman–Crippen MR) is 71.4 cm³/mol. The fraction of sp³-hybridized carbons (Fsp3) is 0.923. The Bertz CT molecular complexity index is 107. The van der Waals surface area contributed by atoms with E-state index < -0.39 is 0 Å². The van der Waals surface area contributed by atoms with Crippen LogP contribution in [0.25, 0.3) is 5.32 Å². The maximum absolute atomic E-state index is 4.64. The molecule has 0 spiro atoms. The van der Waals surface area contributed by atoms with Gasteiger partial charge in [0.15, 0.2) is 0 Å². The van der Waals surface area contributed by atoms with E-state index in [0.717, 1.165) is 6.42 Å². The molecule has 0 saturated heterocycles. The monoisotopic (exact) mass is 221 g/mol. The van der Waals surface area contributed by atoms with E-state index in [4.69, 9.17) is 0 Å². The summed E-state index contributed by atoms with van der Waals surface area (Å²) in [6.07, 6.45) is 9.21. The molecule has 0 aromatic rings. The molecule has 0 aromatic heterocycles. The van der Waals surface area contributed by atoms with Crippen LogP contribution in [-0.2, 0) is 0 Å². The van der Waals surface area contributed by atoms with Crippen molar-refractivity contribution in [2.45, 2.75) is 77.8 Å². The minimum Gasteiger partial charge on any atom is -0.657 e. The first kappa shape index (κ1) is 18.1. The van der Waals surface area contributed by atoms with Gasteiger partial charge in [0.05, 0.1) is 0 Å². The van der Waals surface area contributed by atoms with Crippen LogP contribution in [0, 0.1) is 6.92 Å². The van der Waals surface area contributed by atoms with Crippen molar-refractivity contribution in [1.82, 2.24) is 0 Å². The van der Waals surface area contributed by atoms with Gasteiger partial charge in [0, 0.05) is 0 Å². The van der Waals surface area contributed by atoms with Gasteiger partial charge in [-0.15, -0.1) is 12.1 Å². The van der Waals surface area contributed by atoms with E-state index in [-0.39, 0.29) is 23.1 Å². The van der Waals surface area contributed by atoms with Gasteiger partial charge in [-0.1, -0.05) is 59.3 Å². The normalized spacial score (nSPS) is 16.6. The Morgan fingerprint density at radius 2 is 1.67 bits per heavy atom. The number of hydrogen-bond acceptors (Lipinski definition) is 0. The third-order valence-electron chi connectivity index (χ3n) is 2.44. The molecule has 2 heteroatoms. The van der Waals surface area contributed by atoms with Gasteiger partial charge in [-0.3, -0.25) is 0 Å². The topological polar surface area (TPSA) is 14.1 Å². The van der Waals surface area contributed by atoms with Gasteiger partial charge >= 0.3 is 23.1 Å². The molecule has 1 aliphatic carbocycles. The zero-order chi connectivity index (χ0) is 10.8. The average Bonchev–Trinajstić information content (AvgIpc) is 2.19. The second-order valence-corrected chi connectivity index (χ2v) is 4.39. The summed E-state index contributed by atoms with van der Waals surface area (Å²) in [4.78, 5) is 0. The number of rotatable bonds is 3. The zero-order valence-corrected chi connectivity index (χ0v) is 12.4. The number of unbranched alkanes of at least 4 members (excludes halogenated alkanes) is 1. The van der Waals surface area contributed by atoms with Gasteiger partial charge in [-0.25, -0.2) is 0 Å². The largest absolute Gasteiger partial charge is 2.00 e. The molecule has 1 fully saturated rings. The van der Waals surface area contributed by atoms with Crippen molar-refractivity contribution in [3.63, 3.8) is 0 Å². The van der Waals surface area contributed by atoms with Crippen molar-refractivity contribution in [2.75, 3.05) is 0 Å². The van der Waals surface area contributed by atoms with E-state index in [2.05, 4.69) is 33.0 Å². The van der Waals surface area contributed by atoms with Crippen molar-refractivity contribution in [2.24, 2.45) is 0 Å². The van der Waals surface area contributed by atoms with Crippen molar-refractivity contribution in [3.8, 4) is 0 Å². The fourth-order valence-corrected chi connectivity index (χ4v) is 1.65. The Morgan fingerprint density at radius 3 is 2.00 bits per heavy atom. The molecule has 1 saturated carbocycles. The SMILES string of the molecule is CC(C)[N-]C1CCCCC1.[CH2-]CCC.[Mg+2]. The van der Waals surface area contributed by atoms with Crippen LogP contribution < -0.4 is 0 Å². The molecule has 15 heavy (non-hydrogen) atoms. The molecule has 0 unspecified atom stereocenters.